The van der Waals surface area contributed by atoms with Crippen LogP contribution in [0.3, 0.4) is 0 Å². The van der Waals surface area contributed by atoms with Gasteiger partial charge in [-0.2, -0.15) is 4.31 Å². The molecule has 2 N–H and O–H groups in total. The number of fused-ring (bicyclic) bond motifs is 1. The Morgan fingerprint density at radius 3 is 2.69 bits per heavy atom. The Hall–Kier alpha value is -3.19. The molecule has 12 heteroatoms. The van der Waals surface area contributed by atoms with Crippen LogP contribution in [-0.4, -0.2) is 72.5 Å². The zero-order valence-electron chi connectivity index (χ0n) is 19.5. The van der Waals surface area contributed by atoms with Crippen molar-refractivity contribution >= 4 is 27.0 Å². The predicted molar refractivity (Wildman–Crippen MR) is 128 cm³/mol. The quantitative estimate of drug-likeness (QED) is 0.469. The molecule has 0 saturated carbocycles. The van der Waals surface area contributed by atoms with Crippen LogP contribution in [0.15, 0.2) is 53.2 Å². The molecule has 1 saturated heterocycles. The molecule has 0 spiro atoms. The summed E-state index contributed by atoms with van der Waals surface area (Å²) in [5.74, 6) is -0.937. The Labute approximate surface area is 202 Å². The second kappa shape index (κ2) is 10.2. The number of carbonyl (C=O) groups excluding carboxylic acids is 1. The third kappa shape index (κ3) is 4.96. The highest BCUT2D eigenvalue weighted by atomic mass is 32.2. The zero-order valence-corrected chi connectivity index (χ0v) is 20.3. The maximum Gasteiger partial charge on any atom is 0.277 e. The number of hydrogen-bond donors (Lipinski definition) is 1. The van der Waals surface area contributed by atoms with Gasteiger partial charge in [0.25, 0.3) is 5.91 Å². The van der Waals surface area contributed by atoms with Crippen molar-refractivity contribution in [3.8, 4) is 11.1 Å². The van der Waals surface area contributed by atoms with Crippen LogP contribution >= 0.6 is 0 Å². The molecule has 0 bridgehead atoms. The summed E-state index contributed by atoms with van der Waals surface area (Å²) in [5.41, 5.74) is 7.48. The topological polar surface area (TPSA) is 124 Å². The van der Waals surface area contributed by atoms with Crippen molar-refractivity contribution < 1.29 is 22.4 Å². The number of carbonyl (C=O) groups is 1. The van der Waals surface area contributed by atoms with Crippen LogP contribution in [0.1, 0.15) is 23.2 Å². The van der Waals surface area contributed by atoms with Gasteiger partial charge in [-0.05, 0) is 48.7 Å². The maximum atomic E-state index is 14.2. The number of amides is 1. The fourth-order valence-electron chi connectivity index (χ4n) is 4.03. The van der Waals surface area contributed by atoms with Gasteiger partial charge in [0, 0.05) is 37.8 Å². The standard InChI is InChI=1S/C23H27FN6O4S/c1-28(34-2)23(31)17-13-20(22-21(14-17)30(27-26-22)15-18(24)8-9-25)16-6-5-7-19(12-16)35(32,33)29-10-3-4-11-29/h5-8,12-14H,3-4,9-11,15,25H2,1-2H3/b18-8-. The van der Waals surface area contributed by atoms with E-state index in [9.17, 15) is 17.6 Å². The molecule has 0 aliphatic carbocycles. The van der Waals surface area contributed by atoms with E-state index in [4.69, 9.17) is 10.6 Å². The van der Waals surface area contributed by atoms with Gasteiger partial charge in [0.15, 0.2) is 0 Å². The van der Waals surface area contributed by atoms with E-state index in [0.717, 1.165) is 17.9 Å². The van der Waals surface area contributed by atoms with E-state index in [1.807, 2.05) is 0 Å². The minimum atomic E-state index is -3.66. The second-order valence-corrected chi connectivity index (χ2v) is 10.1. The number of nitrogens with two attached hydrogens (primary N) is 1. The fourth-order valence-corrected chi connectivity index (χ4v) is 5.59. The Balaban J connectivity index is 1.87. The first-order valence-corrected chi connectivity index (χ1v) is 12.5. The molecular formula is C23H27FN6O4S. The third-order valence-corrected chi connectivity index (χ3v) is 7.81. The van der Waals surface area contributed by atoms with Gasteiger partial charge in [0.2, 0.25) is 10.0 Å². The Kier molecular flexibility index (Phi) is 7.26. The lowest BCUT2D eigenvalue weighted by atomic mass is 10.0. The lowest BCUT2D eigenvalue weighted by Crippen LogP contribution is -2.27. The number of halogens is 1. The summed E-state index contributed by atoms with van der Waals surface area (Å²) in [5, 5.41) is 9.34. The molecule has 1 fully saturated rings. The van der Waals surface area contributed by atoms with Crippen LogP contribution < -0.4 is 5.73 Å². The minimum Gasteiger partial charge on any atom is -0.327 e. The van der Waals surface area contributed by atoms with Crippen molar-refractivity contribution in [2.45, 2.75) is 24.3 Å². The average molecular weight is 503 g/mol. The van der Waals surface area contributed by atoms with Gasteiger partial charge >= 0.3 is 0 Å². The summed E-state index contributed by atoms with van der Waals surface area (Å²) >= 11 is 0. The van der Waals surface area contributed by atoms with Crippen LogP contribution in [0.5, 0.6) is 0 Å². The van der Waals surface area contributed by atoms with Gasteiger partial charge in [0.1, 0.15) is 11.3 Å². The van der Waals surface area contributed by atoms with Gasteiger partial charge in [-0.3, -0.25) is 9.63 Å². The molecule has 0 atom stereocenters. The molecule has 0 unspecified atom stereocenters. The molecule has 1 aliphatic heterocycles. The van der Waals surface area contributed by atoms with Crippen LogP contribution in [0.4, 0.5) is 4.39 Å². The highest BCUT2D eigenvalue weighted by Crippen LogP contribution is 2.32. The molecule has 186 valence electrons. The van der Waals surface area contributed by atoms with Crippen molar-refractivity contribution in [3.63, 3.8) is 0 Å². The fraction of sp³-hybridized carbons (Fsp3) is 0.348. The van der Waals surface area contributed by atoms with Crippen molar-refractivity contribution in [3.05, 3.63) is 53.9 Å². The molecule has 4 rings (SSSR count). The van der Waals surface area contributed by atoms with Crippen LogP contribution in [0.25, 0.3) is 22.2 Å². The summed E-state index contributed by atoms with van der Waals surface area (Å²) in [4.78, 5) is 18.1. The molecule has 3 aromatic rings. The van der Waals surface area contributed by atoms with E-state index in [1.165, 1.54) is 29.2 Å². The van der Waals surface area contributed by atoms with Gasteiger partial charge in [-0.15, -0.1) is 5.10 Å². The number of nitrogens with zero attached hydrogens (tertiary/aromatic N) is 5. The lowest BCUT2D eigenvalue weighted by molar-refractivity contribution is -0.0756. The molecule has 35 heavy (non-hydrogen) atoms. The number of benzene rings is 2. The number of rotatable bonds is 8. The SMILES string of the molecule is CON(C)C(=O)c1cc(-c2cccc(S(=O)(=O)N3CCCC3)c2)c2nnn(C/C(F)=C/CN)c2c1. The molecule has 10 nitrogen and oxygen atoms in total. The predicted octanol–water partition coefficient (Wildman–Crippen LogP) is 2.33. The Morgan fingerprint density at radius 1 is 1.26 bits per heavy atom. The molecule has 1 aromatic heterocycles. The molecule has 2 heterocycles. The summed E-state index contributed by atoms with van der Waals surface area (Å²) in [6.45, 7) is 0.791. The van der Waals surface area contributed by atoms with E-state index in [-0.39, 0.29) is 23.5 Å². The van der Waals surface area contributed by atoms with Gasteiger partial charge in [0.05, 0.1) is 24.1 Å². The molecule has 1 amide bonds. The van der Waals surface area contributed by atoms with Gasteiger partial charge < -0.3 is 5.73 Å². The van der Waals surface area contributed by atoms with E-state index in [1.54, 1.807) is 36.4 Å². The van der Waals surface area contributed by atoms with Crippen LogP contribution in [0, 0.1) is 0 Å². The van der Waals surface area contributed by atoms with Crippen molar-refractivity contribution in [1.29, 1.82) is 0 Å². The summed E-state index contributed by atoms with van der Waals surface area (Å²) in [7, 11) is -0.824. The number of aromatic nitrogens is 3. The zero-order chi connectivity index (χ0) is 25.2. The van der Waals surface area contributed by atoms with E-state index >= 15 is 0 Å². The molecule has 0 radical (unpaired) electrons. The maximum absolute atomic E-state index is 14.2. The third-order valence-electron chi connectivity index (χ3n) is 5.92. The summed E-state index contributed by atoms with van der Waals surface area (Å²) < 4.78 is 43.3. The highest BCUT2D eigenvalue weighted by molar-refractivity contribution is 7.89. The molecule has 2 aromatic carbocycles. The van der Waals surface area contributed by atoms with Gasteiger partial charge in [-0.1, -0.05) is 17.3 Å². The number of sulfonamides is 1. The summed E-state index contributed by atoms with van der Waals surface area (Å²) in [6.07, 6.45) is 2.89. The first-order chi connectivity index (χ1) is 16.8. The van der Waals surface area contributed by atoms with Gasteiger partial charge in [-0.25, -0.2) is 22.6 Å². The van der Waals surface area contributed by atoms with Crippen molar-refractivity contribution in [2.75, 3.05) is 33.8 Å². The van der Waals surface area contributed by atoms with Crippen LogP contribution in [-0.2, 0) is 21.4 Å². The smallest absolute Gasteiger partial charge is 0.277 e. The number of allylic oxidation sites excluding steroid dienone is 1. The Bertz CT molecular complexity index is 1380. The largest absolute Gasteiger partial charge is 0.327 e. The highest BCUT2D eigenvalue weighted by Gasteiger charge is 2.28. The first-order valence-electron chi connectivity index (χ1n) is 11.1. The normalized spacial score (nSPS) is 15.1. The number of hydrogen-bond acceptors (Lipinski definition) is 7. The summed E-state index contributed by atoms with van der Waals surface area (Å²) in [6, 6.07) is 9.65. The minimum absolute atomic E-state index is 0.0321. The average Bonchev–Trinajstić information content (AvgIpc) is 3.54. The monoisotopic (exact) mass is 502 g/mol. The lowest BCUT2D eigenvalue weighted by Gasteiger charge is -2.17. The van der Waals surface area contributed by atoms with Crippen molar-refractivity contribution in [2.24, 2.45) is 5.73 Å². The Morgan fingerprint density at radius 2 is 2.00 bits per heavy atom. The molecular weight excluding hydrogens is 475 g/mol. The molecule has 1 aliphatic rings. The first kappa shape index (κ1) is 24.9. The van der Waals surface area contributed by atoms with Crippen LogP contribution in [0.2, 0.25) is 0 Å². The number of hydroxylamine groups is 2. The van der Waals surface area contributed by atoms with Crippen molar-refractivity contribution in [1.82, 2.24) is 24.4 Å². The van der Waals surface area contributed by atoms with E-state index in [2.05, 4.69) is 10.3 Å². The second-order valence-electron chi connectivity index (χ2n) is 8.15. The van der Waals surface area contributed by atoms with E-state index < -0.39 is 21.8 Å². The van der Waals surface area contributed by atoms with E-state index in [0.29, 0.717) is 35.2 Å².